The molecule has 8 heteroatoms. The molecule has 0 spiro atoms. The van der Waals surface area contributed by atoms with Gasteiger partial charge in [-0.3, -0.25) is 14.4 Å². The maximum Gasteiger partial charge on any atom is 0.251 e. The summed E-state index contributed by atoms with van der Waals surface area (Å²) in [6.07, 6.45) is 0.821. The lowest BCUT2D eigenvalue weighted by molar-refractivity contribution is -0.123. The fourth-order valence-electron chi connectivity index (χ4n) is 1.63. The number of carbonyl (C=O) groups excluding carboxylic acids is 3. The van der Waals surface area contributed by atoms with E-state index in [1.165, 1.54) is 0 Å². The number of carbonyl (C=O) groups is 3. The molecule has 0 aliphatic heterocycles. The van der Waals surface area contributed by atoms with Crippen LogP contribution in [0, 0.1) is 0 Å². The molecule has 1 rings (SSSR count). The van der Waals surface area contributed by atoms with Crippen molar-refractivity contribution in [3.8, 4) is 0 Å². The Labute approximate surface area is 148 Å². The van der Waals surface area contributed by atoms with Crippen molar-refractivity contribution >= 4 is 35.8 Å². The molecule has 0 radical (unpaired) electrons. The van der Waals surface area contributed by atoms with E-state index in [0.29, 0.717) is 11.3 Å². The second-order valence-electron chi connectivity index (χ2n) is 5.80. The fraction of sp³-hybridized carbons (Fsp3) is 0.438. The molecule has 1 aromatic carbocycles. The molecule has 0 fully saturated rings. The van der Waals surface area contributed by atoms with Crippen LogP contribution in [0.4, 0.5) is 5.69 Å². The van der Waals surface area contributed by atoms with E-state index in [-0.39, 0.29) is 42.8 Å². The van der Waals surface area contributed by atoms with E-state index in [1.54, 1.807) is 24.3 Å². The monoisotopic (exact) mass is 356 g/mol. The summed E-state index contributed by atoms with van der Waals surface area (Å²) >= 11 is 0. The second-order valence-corrected chi connectivity index (χ2v) is 5.80. The number of nitrogens with one attached hydrogen (secondary N) is 3. The molecule has 3 amide bonds. The Morgan fingerprint density at radius 1 is 1.08 bits per heavy atom. The van der Waals surface area contributed by atoms with E-state index < -0.39 is 5.91 Å². The third kappa shape index (κ3) is 7.43. The minimum absolute atomic E-state index is 0. The van der Waals surface area contributed by atoms with Gasteiger partial charge in [-0.25, -0.2) is 0 Å². The minimum Gasteiger partial charge on any atom is -0.347 e. The number of halogens is 1. The number of nitrogens with two attached hydrogens (primary N) is 1. The van der Waals surface area contributed by atoms with Crippen molar-refractivity contribution in [1.29, 1.82) is 0 Å². The Morgan fingerprint density at radius 3 is 2.17 bits per heavy atom. The lowest BCUT2D eigenvalue weighted by Crippen LogP contribution is -2.42. The largest absolute Gasteiger partial charge is 0.347 e. The first kappa shape index (κ1) is 21.9. The molecule has 0 saturated carbocycles. The molecule has 134 valence electrons. The number of benzene rings is 1. The highest BCUT2D eigenvalue weighted by Gasteiger charge is 2.18. The van der Waals surface area contributed by atoms with Crippen molar-refractivity contribution in [2.75, 3.05) is 18.4 Å². The van der Waals surface area contributed by atoms with Gasteiger partial charge in [-0.2, -0.15) is 0 Å². The molecule has 7 nitrogen and oxygen atoms in total. The topological polar surface area (TPSA) is 113 Å². The van der Waals surface area contributed by atoms with Crippen molar-refractivity contribution in [3.05, 3.63) is 29.8 Å². The predicted molar refractivity (Wildman–Crippen MR) is 96.2 cm³/mol. The Morgan fingerprint density at radius 2 is 1.67 bits per heavy atom. The standard InChI is InChI=1S/C16H24N4O3.ClH/c1-4-16(2,3)20-15(23)11-5-7-12(8-6-11)19-14(22)10-18-13(21)9-17;/h5-8H,4,9-10,17H2,1-3H3,(H,18,21)(H,19,22)(H,20,23);1H. The lowest BCUT2D eigenvalue weighted by Gasteiger charge is -2.24. The van der Waals surface area contributed by atoms with E-state index in [9.17, 15) is 14.4 Å². The quantitative estimate of drug-likeness (QED) is 0.584. The van der Waals surface area contributed by atoms with Gasteiger partial charge in [0, 0.05) is 16.8 Å². The van der Waals surface area contributed by atoms with Gasteiger partial charge in [0.2, 0.25) is 11.8 Å². The van der Waals surface area contributed by atoms with Crippen molar-refractivity contribution < 1.29 is 14.4 Å². The Kier molecular flexibility index (Phi) is 9.02. The molecule has 0 unspecified atom stereocenters. The highest BCUT2D eigenvalue weighted by atomic mass is 35.5. The van der Waals surface area contributed by atoms with Crippen molar-refractivity contribution in [1.82, 2.24) is 10.6 Å². The first-order chi connectivity index (χ1) is 10.8. The van der Waals surface area contributed by atoms with Gasteiger partial charge in [-0.1, -0.05) is 6.92 Å². The van der Waals surface area contributed by atoms with E-state index in [4.69, 9.17) is 5.73 Å². The molecule has 24 heavy (non-hydrogen) atoms. The Balaban J connectivity index is 0.00000529. The van der Waals surface area contributed by atoms with Crippen LogP contribution in [0.15, 0.2) is 24.3 Å². The molecule has 5 N–H and O–H groups in total. The van der Waals surface area contributed by atoms with Crippen LogP contribution in [-0.4, -0.2) is 36.3 Å². The van der Waals surface area contributed by atoms with E-state index >= 15 is 0 Å². The number of anilines is 1. The normalized spacial score (nSPS) is 10.3. The van der Waals surface area contributed by atoms with Crippen LogP contribution in [0.2, 0.25) is 0 Å². The van der Waals surface area contributed by atoms with Gasteiger partial charge in [-0.05, 0) is 44.5 Å². The lowest BCUT2D eigenvalue weighted by atomic mass is 10.0. The van der Waals surface area contributed by atoms with E-state index in [0.717, 1.165) is 6.42 Å². The Hall–Kier alpha value is -2.12. The third-order valence-electron chi connectivity index (χ3n) is 3.40. The zero-order valence-corrected chi connectivity index (χ0v) is 15.0. The third-order valence-corrected chi connectivity index (χ3v) is 3.40. The summed E-state index contributed by atoms with van der Waals surface area (Å²) in [7, 11) is 0. The van der Waals surface area contributed by atoms with E-state index in [1.807, 2.05) is 20.8 Å². The zero-order chi connectivity index (χ0) is 17.5. The first-order valence-corrected chi connectivity index (χ1v) is 7.46. The van der Waals surface area contributed by atoms with E-state index in [2.05, 4.69) is 16.0 Å². The fourth-order valence-corrected chi connectivity index (χ4v) is 1.63. The molecular formula is C16H25ClN4O3. The van der Waals surface area contributed by atoms with Crippen LogP contribution in [0.5, 0.6) is 0 Å². The molecule has 0 heterocycles. The molecular weight excluding hydrogens is 332 g/mol. The highest BCUT2D eigenvalue weighted by molar-refractivity contribution is 5.97. The number of amides is 3. The van der Waals surface area contributed by atoms with Crippen LogP contribution in [0.1, 0.15) is 37.6 Å². The Bertz CT molecular complexity index is 573. The van der Waals surface area contributed by atoms with Crippen LogP contribution < -0.4 is 21.7 Å². The summed E-state index contributed by atoms with van der Waals surface area (Å²) in [5.74, 6) is -0.924. The van der Waals surface area contributed by atoms with Gasteiger partial charge in [-0.15, -0.1) is 12.4 Å². The van der Waals surface area contributed by atoms with Crippen LogP contribution in [-0.2, 0) is 9.59 Å². The maximum absolute atomic E-state index is 12.1. The van der Waals surface area contributed by atoms with Crippen LogP contribution in [0.3, 0.4) is 0 Å². The number of hydrogen-bond acceptors (Lipinski definition) is 4. The van der Waals surface area contributed by atoms with Gasteiger partial charge in [0.15, 0.2) is 0 Å². The van der Waals surface area contributed by atoms with Gasteiger partial charge in [0.1, 0.15) is 0 Å². The van der Waals surface area contributed by atoms with Crippen molar-refractivity contribution in [3.63, 3.8) is 0 Å². The molecule has 0 saturated heterocycles. The smallest absolute Gasteiger partial charge is 0.251 e. The molecule has 0 aromatic heterocycles. The SMILES string of the molecule is CCC(C)(C)NC(=O)c1ccc(NC(=O)CNC(=O)CN)cc1.Cl. The average Bonchev–Trinajstić information content (AvgIpc) is 2.52. The summed E-state index contributed by atoms with van der Waals surface area (Å²) in [6, 6.07) is 6.54. The van der Waals surface area contributed by atoms with Crippen LogP contribution in [0.25, 0.3) is 0 Å². The maximum atomic E-state index is 12.1. The molecule has 0 aliphatic rings. The average molecular weight is 357 g/mol. The summed E-state index contributed by atoms with van der Waals surface area (Å²) in [6.45, 7) is 5.60. The van der Waals surface area contributed by atoms with Crippen molar-refractivity contribution in [2.45, 2.75) is 32.7 Å². The summed E-state index contributed by atoms with van der Waals surface area (Å²) in [4.78, 5) is 34.7. The van der Waals surface area contributed by atoms with Crippen LogP contribution >= 0.6 is 12.4 Å². The molecule has 1 aromatic rings. The second kappa shape index (κ2) is 9.89. The predicted octanol–water partition coefficient (Wildman–Crippen LogP) is 1.04. The highest BCUT2D eigenvalue weighted by Crippen LogP contribution is 2.12. The summed E-state index contributed by atoms with van der Waals surface area (Å²) in [5, 5.41) is 7.93. The number of hydrogen-bond donors (Lipinski definition) is 4. The van der Waals surface area contributed by atoms with Gasteiger partial charge in [0.05, 0.1) is 13.1 Å². The molecule has 0 bridgehead atoms. The zero-order valence-electron chi connectivity index (χ0n) is 14.1. The van der Waals surface area contributed by atoms with Gasteiger partial charge < -0.3 is 21.7 Å². The minimum atomic E-state index is -0.397. The van der Waals surface area contributed by atoms with Gasteiger partial charge in [0.25, 0.3) is 5.91 Å². The number of rotatable bonds is 7. The summed E-state index contributed by atoms with van der Waals surface area (Å²) in [5.41, 5.74) is 5.91. The first-order valence-electron chi connectivity index (χ1n) is 7.46. The van der Waals surface area contributed by atoms with Crippen molar-refractivity contribution in [2.24, 2.45) is 5.73 Å². The van der Waals surface area contributed by atoms with Gasteiger partial charge >= 0.3 is 0 Å². The molecule has 0 aliphatic carbocycles. The summed E-state index contributed by atoms with van der Waals surface area (Å²) < 4.78 is 0. The molecule has 0 atom stereocenters.